The van der Waals surface area contributed by atoms with Crippen LogP contribution in [0.5, 0.6) is 11.5 Å². The van der Waals surface area contributed by atoms with E-state index in [4.69, 9.17) is 39.5 Å². The second-order valence-electron chi connectivity index (χ2n) is 5.51. The van der Waals surface area contributed by atoms with E-state index in [1.54, 1.807) is 18.2 Å². The highest BCUT2D eigenvalue weighted by Crippen LogP contribution is 2.31. The first-order chi connectivity index (χ1) is 13.8. The van der Waals surface area contributed by atoms with E-state index < -0.39 is 10.0 Å². The Morgan fingerprint density at radius 3 is 2.24 bits per heavy atom. The third-order valence-electron chi connectivity index (χ3n) is 3.61. The van der Waals surface area contributed by atoms with Crippen molar-refractivity contribution in [3.05, 3.63) is 75.5 Å². The molecule has 0 aliphatic heterocycles. The van der Waals surface area contributed by atoms with Crippen LogP contribution in [0.3, 0.4) is 0 Å². The number of nitrogens with zero attached hydrogens (tertiary/aromatic N) is 2. The van der Waals surface area contributed by atoms with Crippen molar-refractivity contribution in [2.45, 2.75) is 4.90 Å². The molecule has 0 spiro atoms. The van der Waals surface area contributed by atoms with Crippen LogP contribution in [0, 0.1) is 11.3 Å². The van der Waals surface area contributed by atoms with E-state index in [-0.39, 0.29) is 37.0 Å². The van der Waals surface area contributed by atoms with Gasteiger partial charge in [-0.05, 0) is 36.4 Å². The van der Waals surface area contributed by atoms with Crippen molar-refractivity contribution in [1.82, 2.24) is 9.82 Å². The third-order valence-corrected chi connectivity index (χ3v) is 5.76. The third kappa shape index (κ3) is 4.90. The second kappa shape index (κ2) is 8.86. The number of sulfonamides is 1. The summed E-state index contributed by atoms with van der Waals surface area (Å²) in [5.74, 6) is 0.591. The van der Waals surface area contributed by atoms with Crippen molar-refractivity contribution in [3.63, 3.8) is 0 Å². The monoisotopic (exact) mass is 468 g/mol. The van der Waals surface area contributed by atoms with Crippen LogP contribution < -0.4 is 15.0 Å². The van der Waals surface area contributed by atoms with Gasteiger partial charge in [0.15, 0.2) is 0 Å². The van der Waals surface area contributed by atoms with Crippen molar-refractivity contribution in [3.8, 4) is 17.6 Å². The van der Waals surface area contributed by atoms with Gasteiger partial charge in [0.05, 0.1) is 25.7 Å². The number of nitriles is 1. The predicted molar refractivity (Wildman–Crippen MR) is 111 cm³/mol. The van der Waals surface area contributed by atoms with Crippen LogP contribution in [-0.2, 0) is 10.0 Å². The number of pyridine rings is 1. The lowest BCUT2D eigenvalue weighted by atomic mass is 10.2. The standard InChI is InChI=1S/C18H11Cl3N4O3S/c19-14-2-1-3-17(13(14)8-22)28-11-4-6-12(7-5-11)29(26,27)25-24-18-15(20)9-23-10-16(18)21/h1-7,9-10,25H,(H,23,24). The maximum absolute atomic E-state index is 12.5. The van der Waals surface area contributed by atoms with E-state index in [9.17, 15) is 13.7 Å². The van der Waals surface area contributed by atoms with Crippen molar-refractivity contribution in [2.24, 2.45) is 0 Å². The first kappa shape index (κ1) is 21.2. The molecule has 7 nitrogen and oxygen atoms in total. The predicted octanol–water partition coefficient (Wildman–Crippen LogP) is 5.01. The number of rotatable bonds is 6. The SMILES string of the molecule is N#Cc1c(Cl)cccc1Oc1ccc(S(=O)(=O)NNc2c(Cl)cncc2Cl)cc1. The smallest absolute Gasteiger partial charge is 0.257 e. The lowest BCUT2D eigenvalue weighted by Gasteiger charge is -2.12. The molecule has 0 amide bonds. The highest BCUT2D eigenvalue weighted by Gasteiger charge is 2.16. The van der Waals surface area contributed by atoms with Crippen LogP contribution in [0.4, 0.5) is 5.69 Å². The molecule has 0 aliphatic rings. The molecule has 0 saturated heterocycles. The fourth-order valence-corrected chi connectivity index (χ4v) is 3.74. The van der Waals surface area contributed by atoms with Crippen LogP contribution in [0.1, 0.15) is 5.56 Å². The second-order valence-corrected chi connectivity index (χ2v) is 8.41. The van der Waals surface area contributed by atoms with Crippen LogP contribution in [0.25, 0.3) is 0 Å². The number of hydrazine groups is 1. The molecule has 2 aromatic carbocycles. The Morgan fingerprint density at radius 1 is 0.966 bits per heavy atom. The van der Waals surface area contributed by atoms with Crippen molar-refractivity contribution in [1.29, 1.82) is 5.26 Å². The lowest BCUT2D eigenvalue weighted by Crippen LogP contribution is -2.29. The van der Waals surface area contributed by atoms with E-state index in [2.05, 4.69) is 15.2 Å². The van der Waals surface area contributed by atoms with Crippen molar-refractivity contribution < 1.29 is 13.2 Å². The maximum Gasteiger partial charge on any atom is 0.257 e. The zero-order chi connectivity index (χ0) is 21.0. The van der Waals surface area contributed by atoms with E-state index in [0.717, 1.165) is 0 Å². The van der Waals surface area contributed by atoms with Crippen LogP contribution in [0.2, 0.25) is 15.1 Å². The highest BCUT2D eigenvalue weighted by molar-refractivity contribution is 7.89. The van der Waals surface area contributed by atoms with Crippen LogP contribution in [-0.4, -0.2) is 13.4 Å². The van der Waals surface area contributed by atoms with E-state index in [1.807, 2.05) is 6.07 Å². The van der Waals surface area contributed by atoms with Gasteiger partial charge in [0, 0.05) is 12.4 Å². The van der Waals surface area contributed by atoms with Crippen LogP contribution in [0.15, 0.2) is 59.8 Å². The number of ether oxygens (including phenoxy) is 1. The maximum atomic E-state index is 12.5. The molecule has 0 aliphatic carbocycles. The summed E-state index contributed by atoms with van der Waals surface area (Å²) in [6, 6.07) is 12.3. The van der Waals surface area contributed by atoms with Gasteiger partial charge in [-0.15, -0.1) is 4.83 Å². The summed E-state index contributed by atoms with van der Waals surface area (Å²) in [6.07, 6.45) is 2.64. The summed E-state index contributed by atoms with van der Waals surface area (Å²) < 4.78 is 30.6. The van der Waals surface area contributed by atoms with Gasteiger partial charge in [0.25, 0.3) is 10.0 Å². The molecule has 3 aromatic rings. The normalized spacial score (nSPS) is 11.0. The number of halogens is 3. The quantitative estimate of drug-likeness (QED) is 0.492. The molecule has 0 radical (unpaired) electrons. The van der Waals surface area contributed by atoms with Gasteiger partial charge >= 0.3 is 0 Å². The fraction of sp³-hybridized carbons (Fsp3) is 0. The average molecular weight is 470 g/mol. The number of benzene rings is 2. The number of anilines is 1. The van der Waals surface area contributed by atoms with Gasteiger partial charge in [-0.1, -0.05) is 40.9 Å². The summed E-state index contributed by atoms with van der Waals surface area (Å²) in [4.78, 5) is 5.94. The van der Waals surface area contributed by atoms with Gasteiger partial charge in [0.1, 0.15) is 23.1 Å². The Bertz CT molecular complexity index is 1180. The molecular weight excluding hydrogens is 459 g/mol. The minimum absolute atomic E-state index is 0.0368. The molecule has 1 heterocycles. The fourth-order valence-electron chi connectivity index (χ4n) is 2.22. The molecule has 0 bridgehead atoms. The van der Waals surface area contributed by atoms with Gasteiger partial charge < -0.3 is 10.2 Å². The average Bonchev–Trinajstić information content (AvgIpc) is 2.68. The molecule has 1 aromatic heterocycles. The van der Waals surface area contributed by atoms with Gasteiger partial charge in [-0.2, -0.15) is 5.26 Å². The zero-order valence-corrected chi connectivity index (χ0v) is 17.4. The van der Waals surface area contributed by atoms with Gasteiger partial charge in [0.2, 0.25) is 0 Å². The molecular formula is C18H11Cl3N4O3S. The summed E-state index contributed by atoms with van der Waals surface area (Å²) in [5, 5.41) is 9.75. The Hall–Kier alpha value is -2.54. The summed E-state index contributed by atoms with van der Waals surface area (Å²) in [5.41, 5.74) is 2.83. The topological polar surface area (TPSA) is 104 Å². The van der Waals surface area contributed by atoms with E-state index in [0.29, 0.717) is 5.75 Å². The summed E-state index contributed by atoms with van der Waals surface area (Å²) >= 11 is 17.9. The number of aromatic nitrogens is 1. The van der Waals surface area contributed by atoms with Crippen molar-refractivity contribution in [2.75, 3.05) is 5.43 Å². The Kier molecular flexibility index (Phi) is 6.47. The highest BCUT2D eigenvalue weighted by atomic mass is 35.5. The zero-order valence-electron chi connectivity index (χ0n) is 14.4. The van der Waals surface area contributed by atoms with Crippen LogP contribution >= 0.6 is 34.8 Å². The van der Waals surface area contributed by atoms with E-state index in [1.165, 1.54) is 36.7 Å². The lowest BCUT2D eigenvalue weighted by molar-refractivity contribution is 0.480. The number of hydrogen-bond acceptors (Lipinski definition) is 6. The molecule has 148 valence electrons. The van der Waals surface area contributed by atoms with E-state index >= 15 is 0 Å². The minimum atomic E-state index is -3.93. The molecule has 0 unspecified atom stereocenters. The summed E-state index contributed by atoms with van der Waals surface area (Å²) in [6.45, 7) is 0. The molecule has 3 rings (SSSR count). The molecule has 0 atom stereocenters. The molecule has 0 fully saturated rings. The van der Waals surface area contributed by atoms with Gasteiger partial charge in [-0.25, -0.2) is 8.42 Å². The Labute approximate surface area is 181 Å². The first-order valence-electron chi connectivity index (χ1n) is 7.85. The molecule has 2 N–H and O–H groups in total. The Morgan fingerprint density at radius 2 is 1.62 bits per heavy atom. The molecule has 0 saturated carbocycles. The van der Waals surface area contributed by atoms with Crippen molar-refractivity contribution >= 4 is 50.5 Å². The summed E-state index contributed by atoms with van der Waals surface area (Å²) in [7, 11) is -3.93. The number of hydrogen-bond donors (Lipinski definition) is 2. The van der Waals surface area contributed by atoms with Gasteiger partial charge in [-0.3, -0.25) is 4.98 Å². The largest absolute Gasteiger partial charge is 0.456 e. The minimum Gasteiger partial charge on any atom is -0.456 e. The molecule has 11 heteroatoms. The Balaban J connectivity index is 1.76. The first-order valence-corrected chi connectivity index (χ1v) is 10.5. The number of nitrogens with one attached hydrogen (secondary N) is 2. The molecule has 29 heavy (non-hydrogen) atoms.